The van der Waals surface area contributed by atoms with Crippen LogP contribution in [0.2, 0.25) is 0 Å². The molecule has 1 aromatic heterocycles. The molecule has 2 N–H and O–H groups in total. The van der Waals surface area contributed by atoms with Crippen LogP contribution in [0.3, 0.4) is 0 Å². The number of amides is 1. The van der Waals surface area contributed by atoms with Gasteiger partial charge in [-0.25, -0.2) is 4.68 Å². The van der Waals surface area contributed by atoms with E-state index in [1.807, 2.05) is 58.0 Å². The molecule has 0 saturated heterocycles. The molecule has 36 heavy (non-hydrogen) atoms. The van der Waals surface area contributed by atoms with E-state index in [1.54, 1.807) is 23.6 Å². The van der Waals surface area contributed by atoms with Gasteiger partial charge in [-0.05, 0) is 84.3 Å². The molecule has 8 nitrogen and oxygen atoms in total. The number of allylic oxidation sites excluding steroid dienone is 1. The van der Waals surface area contributed by atoms with Gasteiger partial charge in [-0.2, -0.15) is 4.98 Å². The molecule has 0 fully saturated rings. The minimum absolute atomic E-state index is 0.214. The minimum Gasteiger partial charge on any atom is -0.493 e. The normalized spacial score (nSPS) is 14.8. The lowest BCUT2D eigenvalue weighted by Crippen LogP contribution is -2.31. The predicted octanol–water partition coefficient (Wildman–Crippen LogP) is 6.10. The highest BCUT2D eigenvalue weighted by molar-refractivity contribution is 9.10. The van der Waals surface area contributed by atoms with Crippen LogP contribution in [0, 0.1) is 13.8 Å². The molecule has 0 saturated carbocycles. The molecule has 3 aromatic rings. The summed E-state index contributed by atoms with van der Waals surface area (Å²) in [6, 6.07) is 9.18. The molecule has 1 amide bonds. The number of carbonyl (C=O) groups is 1. The van der Waals surface area contributed by atoms with E-state index in [0.29, 0.717) is 40.5 Å². The number of rotatable bonds is 8. The van der Waals surface area contributed by atoms with Gasteiger partial charge in [-0.1, -0.05) is 30.8 Å². The van der Waals surface area contributed by atoms with Crippen molar-refractivity contribution in [2.45, 2.75) is 45.8 Å². The zero-order chi connectivity index (χ0) is 26.0. The van der Waals surface area contributed by atoms with Gasteiger partial charge in [0.05, 0.1) is 23.8 Å². The smallest absolute Gasteiger partial charge is 0.255 e. The van der Waals surface area contributed by atoms with Crippen LogP contribution in [0.15, 0.2) is 51.2 Å². The van der Waals surface area contributed by atoms with Crippen LogP contribution in [-0.4, -0.2) is 40.1 Å². The van der Waals surface area contributed by atoms with Gasteiger partial charge in [0, 0.05) is 11.4 Å². The lowest BCUT2D eigenvalue weighted by atomic mass is 9.94. The van der Waals surface area contributed by atoms with Crippen LogP contribution >= 0.6 is 27.7 Å². The van der Waals surface area contributed by atoms with Gasteiger partial charge in [0.15, 0.2) is 11.5 Å². The van der Waals surface area contributed by atoms with Crippen molar-refractivity contribution in [2.24, 2.45) is 0 Å². The van der Waals surface area contributed by atoms with Gasteiger partial charge in [0.2, 0.25) is 11.1 Å². The van der Waals surface area contributed by atoms with Crippen LogP contribution in [0.1, 0.15) is 43.5 Å². The monoisotopic (exact) mass is 571 g/mol. The quantitative estimate of drug-likeness (QED) is 0.315. The first-order valence-electron chi connectivity index (χ1n) is 11.7. The number of methoxy groups -OCH3 is 1. The number of nitrogens with zero attached hydrogens (tertiary/aromatic N) is 3. The summed E-state index contributed by atoms with van der Waals surface area (Å²) in [5, 5.41) is 11.8. The number of hydrogen-bond acceptors (Lipinski definition) is 7. The standard InChI is InChI=1S/C26H30BrN5O3S/c1-7-35-23-18(27)12-17(13-20(23)34-6)22-21(24(33)29-19-11-9-10-14(3)15(19)4)16(5)28-25-30-26(36-8-2)31-32(22)25/h9-13,22H,7-8H2,1-6H3,(H,29,33)(H,28,30,31). The number of nitrogens with one attached hydrogen (secondary N) is 2. The van der Waals surface area contributed by atoms with Crippen molar-refractivity contribution in [3.63, 3.8) is 0 Å². The number of ether oxygens (including phenoxy) is 2. The average Bonchev–Trinajstić information content (AvgIpc) is 3.24. The van der Waals surface area contributed by atoms with Crippen molar-refractivity contribution in [1.29, 1.82) is 0 Å². The second-order valence-corrected chi connectivity index (χ2v) is 10.4. The number of anilines is 2. The Labute approximate surface area is 224 Å². The molecule has 1 aliphatic heterocycles. The molecule has 190 valence electrons. The molecule has 0 bridgehead atoms. The fraction of sp³-hybridized carbons (Fsp3) is 0.346. The molecule has 0 spiro atoms. The van der Waals surface area contributed by atoms with E-state index in [2.05, 4.69) is 38.5 Å². The molecule has 1 atom stereocenters. The molecule has 1 aliphatic rings. The Morgan fingerprint density at radius 1 is 1.25 bits per heavy atom. The minimum atomic E-state index is -0.536. The third kappa shape index (κ3) is 4.97. The van der Waals surface area contributed by atoms with Gasteiger partial charge in [0.1, 0.15) is 6.04 Å². The van der Waals surface area contributed by atoms with E-state index in [-0.39, 0.29) is 5.91 Å². The summed E-state index contributed by atoms with van der Waals surface area (Å²) in [7, 11) is 1.60. The average molecular weight is 573 g/mol. The molecule has 2 heterocycles. The first kappa shape index (κ1) is 26.1. The maximum Gasteiger partial charge on any atom is 0.255 e. The predicted molar refractivity (Wildman–Crippen MR) is 147 cm³/mol. The Kier molecular flexibility index (Phi) is 7.94. The molecule has 10 heteroatoms. The number of hydrogen-bond donors (Lipinski definition) is 2. The van der Waals surface area contributed by atoms with Crippen LogP contribution < -0.4 is 20.1 Å². The van der Waals surface area contributed by atoms with Gasteiger partial charge in [0.25, 0.3) is 5.91 Å². The summed E-state index contributed by atoms with van der Waals surface area (Å²) in [4.78, 5) is 18.5. The summed E-state index contributed by atoms with van der Waals surface area (Å²) >= 11 is 5.18. The molecular formula is C26H30BrN5O3S. The maximum atomic E-state index is 13.8. The molecular weight excluding hydrogens is 542 g/mol. The second kappa shape index (κ2) is 11.0. The second-order valence-electron chi connectivity index (χ2n) is 8.33. The van der Waals surface area contributed by atoms with E-state index in [0.717, 1.165) is 32.6 Å². The van der Waals surface area contributed by atoms with Crippen molar-refractivity contribution in [3.05, 3.63) is 62.8 Å². The van der Waals surface area contributed by atoms with E-state index >= 15 is 0 Å². The summed E-state index contributed by atoms with van der Waals surface area (Å²) in [5.41, 5.74) is 4.97. The fourth-order valence-corrected chi connectivity index (χ4v) is 5.31. The topological polar surface area (TPSA) is 90.3 Å². The number of aryl methyl sites for hydroxylation is 1. The highest BCUT2D eigenvalue weighted by Gasteiger charge is 2.35. The summed E-state index contributed by atoms with van der Waals surface area (Å²) in [6.07, 6.45) is 0. The molecule has 4 rings (SSSR count). The van der Waals surface area contributed by atoms with Crippen molar-refractivity contribution in [2.75, 3.05) is 30.1 Å². The first-order chi connectivity index (χ1) is 17.3. The molecule has 0 radical (unpaired) electrons. The van der Waals surface area contributed by atoms with Crippen LogP contribution in [0.25, 0.3) is 0 Å². The largest absolute Gasteiger partial charge is 0.493 e. The number of thioether (sulfide) groups is 1. The Morgan fingerprint density at radius 2 is 2.03 bits per heavy atom. The van der Waals surface area contributed by atoms with Crippen LogP contribution in [-0.2, 0) is 4.79 Å². The molecule has 0 aliphatic carbocycles. The number of carbonyl (C=O) groups excluding carboxylic acids is 1. The van der Waals surface area contributed by atoms with Gasteiger partial charge in [-0.15, -0.1) is 5.10 Å². The molecule has 1 unspecified atom stereocenters. The summed E-state index contributed by atoms with van der Waals surface area (Å²) in [6.45, 7) is 10.4. The van der Waals surface area contributed by atoms with Crippen molar-refractivity contribution >= 4 is 45.2 Å². The summed E-state index contributed by atoms with van der Waals surface area (Å²) < 4.78 is 13.9. The number of fused-ring (bicyclic) bond motifs is 1. The Bertz CT molecular complexity index is 1340. The van der Waals surface area contributed by atoms with Gasteiger partial charge >= 0.3 is 0 Å². The fourth-order valence-electron chi connectivity index (χ4n) is 4.18. The lowest BCUT2D eigenvalue weighted by molar-refractivity contribution is -0.113. The van der Waals surface area contributed by atoms with E-state index < -0.39 is 6.04 Å². The van der Waals surface area contributed by atoms with Crippen molar-refractivity contribution in [1.82, 2.24) is 14.8 Å². The lowest BCUT2D eigenvalue weighted by Gasteiger charge is -2.29. The SMILES string of the molecule is CCOc1c(Br)cc(C2C(C(=O)Nc3cccc(C)c3C)=C(C)Nc3nc(SCC)nn32)cc1OC. The van der Waals surface area contributed by atoms with Crippen molar-refractivity contribution < 1.29 is 14.3 Å². The maximum absolute atomic E-state index is 13.8. The Morgan fingerprint density at radius 3 is 2.72 bits per heavy atom. The van der Waals surface area contributed by atoms with Gasteiger partial charge < -0.3 is 20.1 Å². The first-order valence-corrected chi connectivity index (χ1v) is 13.5. The number of benzene rings is 2. The Balaban J connectivity index is 1.85. The highest BCUT2D eigenvalue weighted by atomic mass is 79.9. The van der Waals surface area contributed by atoms with E-state index in [9.17, 15) is 4.79 Å². The van der Waals surface area contributed by atoms with Gasteiger partial charge in [-0.3, -0.25) is 4.79 Å². The van der Waals surface area contributed by atoms with Crippen molar-refractivity contribution in [3.8, 4) is 11.5 Å². The zero-order valence-electron chi connectivity index (χ0n) is 21.2. The highest BCUT2D eigenvalue weighted by Crippen LogP contribution is 2.43. The third-order valence-corrected chi connectivity index (χ3v) is 7.37. The molecule has 2 aromatic carbocycles. The third-order valence-electron chi connectivity index (χ3n) is 6.06. The van der Waals surface area contributed by atoms with E-state index in [1.165, 1.54) is 0 Å². The van der Waals surface area contributed by atoms with Crippen LogP contribution in [0.4, 0.5) is 11.6 Å². The zero-order valence-corrected chi connectivity index (χ0v) is 23.6. The summed E-state index contributed by atoms with van der Waals surface area (Å²) in [5.74, 6) is 2.38. The number of aromatic nitrogens is 3. The Hall–Kier alpha value is -2.98. The van der Waals surface area contributed by atoms with Crippen LogP contribution in [0.5, 0.6) is 11.5 Å². The number of halogens is 1. The van der Waals surface area contributed by atoms with E-state index in [4.69, 9.17) is 14.6 Å².